The van der Waals surface area contributed by atoms with Gasteiger partial charge < -0.3 is 14.8 Å². The molecular formula is C16H30N2O3. The van der Waals surface area contributed by atoms with E-state index in [0.29, 0.717) is 12.0 Å². The van der Waals surface area contributed by atoms with Gasteiger partial charge >= 0.3 is 0 Å². The molecule has 2 fully saturated rings. The van der Waals surface area contributed by atoms with Crippen molar-refractivity contribution in [2.75, 3.05) is 46.1 Å². The van der Waals surface area contributed by atoms with Gasteiger partial charge in [0.05, 0.1) is 19.8 Å². The van der Waals surface area contributed by atoms with Gasteiger partial charge in [0.2, 0.25) is 5.91 Å². The highest BCUT2D eigenvalue weighted by atomic mass is 16.5. The number of rotatable bonds is 7. The van der Waals surface area contributed by atoms with E-state index in [4.69, 9.17) is 9.47 Å². The highest BCUT2D eigenvalue weighted by Gasteiger charge is 2.31. The van der Waals surface area contributed by atoms with Crippen LogP contribution >= 0.6 is 0 Å². The summed E-state index contributed by atoms with van der Waals surface area (Å²) >= 11 is 0. The van der Waals surface area contributed by atoms with Crippen molar-refractivity contribution in [1.82, 2.24) is 10.2 Å². The van der Waals surface area contributed by atoms with Gasteiger partial charge in [-0.2, -0.15) is 0 Å². The zero-order chi connectivity index (χ0) is 15.1. The lowest BCUT2D eigenvalue weighted by molar-refractivity contribution is -0.125. The molecular weight excluding hydrogens is 268 g/mol. The fourth-order valence-corrected chi connectivity index (χ4v) is 3.30. The molecule has 0 aliphatic carbocycles. The lowest BCUT2D eigenvalue weighted by Crippen LogP contribution is -2.52. The molecule has 5 heteroatoms. The second kappa shape index (κ2) is 8.71. The Morgan fingerprint density at radius 1 is 1.29 bits per heavy atom. The summed E-state index contributed by atoms with van der Waals surface area (Å²) in [6.45, 7) is 10.1. The highest BCUT2D eigenvalue weighted by molar-refractivity contribution is 5.78. The average Bonchev–Trinajstić information content (AvgIpc) is 3.03. The van der Waals surface area contributed by atoms with Crippen molar-refractivity contribution in [3.63, 3.8) is 0 Å². The molecule has 0 bridgehead atoms. The molecule has 0 aromatic heterocycles. The second-order valence-electron chi connectivity index (χ2n) is 6.27. The van der Waals surface area contributed by atoms with Gasteiger partial charge in [0.15, 0.2) is 0 Å². The zero-order valence-electron chi connectivity index (χ0n) is 13.5. The van der Waals surface area contributed by atoms with Crippen LogP contribution in [0.2, 0.25) is 0 Å². The first-order chi connectivity index (χ1) is 10.2. The van der Waals surface area contributed by atoms with Gasteiger partial charge in [-0.05, 0) is 12.8 Å². The molecule has 1 N–H and O–H groups in total. The van der Waals surface area contributed by atoms with Crippen LogP contribution in [-0.2, 0) is 14.3 Å². The summed E-state index contributed by atoms with van der Waals surface area (Å²) in [5.41, 5.74) is 0. The van der Waals surface area contributed by atoms with Crippen molar-refractivity contribution < 1.29 is 14.3 Å². The minimum absolute atomic E-state index is 0.111. The molecule has 1 amide bonds. The largest absolute Gasteiger partial charge is 0.381 e. The van der Waals surface area contributed by atoms with Crippen LogP contribution in [0.25, 0.3) is 0 Å². The third-order valence-corrected chi connectivity index (χ3v) is 4.68. The van der Waals surface area contributed by atoms with Gasteiger partial charge in [0.25, 0.3) is 0 Å². The number of morpholine rings is 1. The number of carbonyl (C=O) groups is 1. The molecule has 3 atom stereocenters. The number of hydrogen-bond acceptors (Lipinski definition) is 4. The maximum atomic E-state index is 12.1. The summed E-state index contributed by atoms with van der Waals surface area (Å²) in [5.74, 6) is 0.832. The summed E-state index contributed by atoms with van der Waals surface area (Å²) < 4.78 is 11.0. The molecule has 0 aromatic carbocycles. The Hall–Kier alpha value is -0.650. The fourth-order valence-electron chi connectivity index (χ4n) is 3.30. The highest BCUT2D eigenvalue weighted by Crippen LogP contribution is 2.22. The molecule has 2 aliphatic heterocycles. The van der Waals surface area contributed by atoms with Gasteiger partial charge in [0, 0.05) is 44.1 Å². The standard InChI is InChI=1S/C16H30N2O3/c1-3-4-13(2)16(19)17-11-15(14-5-8-21-12-14)18-6-9-20-10-7-18/h13-15H,3-12H2,1-2H3,(H,17,19). The summed E-state index contributed by atoms with van der Waals surface area (Å²) in [6.07, 6.45) is 3.11. The molecule has 21 heavy (non-hydrogen) atoms. The summed E-state index contributed by atoms with van der Waals surface area (Å²) in [7, 11) is 0. The van der Waals surface area contributed by atoms with Gasteiger partial charge in [-0.25, -0.2) is 0 Å². The molecule has 2 heterocycles. The van der Waals surface area contributed by atoms with E-state index in [-0.39, 0.29) is 11.8 Å². The summed E-state index contributed by atoms with van der Waals surface area (Å²) in [4.78, 5) is 14.6. The van der Waals surface area contributed by atoms with E-state index in [0.717, 1.165) is 65.3 Å². The predicted molar refractivity (Wildman–Crippen MR) is 82.2 cm³/mol. The van der Waals surface area contributed by atoms with E-state index in [1.165, 1.54) is 0 Å². The Balaban J connectivity index is 1.87. The van der Waals surface area contributed by atoms with E-state index >= 15 is 0 Å². The lowest BCUT2D eigenvalue weighted by atomic mass is 9.96. The Morgan fingerprint density at radius 2 is 2.05 bits per heavy atom. The smallest absolute Gasteiger partial charge is 0.222 e. The van der Waals surface area contributed by atoms with Crippen molar-refractivity contribution in [2.24, 2.45) is 11.8 Å². The molecule has 0 spiro atoms. The Bertz CT molecular complexity index is 313. The molecule has 0 aromatic rings. The van der Waals surface area contributed by atoms with Crippen LogP contribution in [0.3, 0.4) is 0 Å². The SMILES string of the molecule is CCCC(C)C(=O)NCC(C1CCOC1)N1CCOCC1. The third kappa shape index (κ3) is 4.94. The third-order valence-electron chi connectivity index (χ3n) is 4.68. The maximum absolute atomic E-state index is 12.1. The molecule has 0 radical (unpaired) electrons. The number of hydrogen-bond donors (Lipinski definition) is 1. The van der Waals surface area contributed by atoms with E-state index < -0.39 is 0 Å². The first kappa shape index (κ1) is 16.7. The van der Waals surface area contributed by atoms with Crippen molar-refractivity contribution in [3.05, 3.63) is 0 Å². The van der Waals surface area contributed by atoms with Gasteiger partial charge in [0.1, 0.15) is 0 Å². The summed E-state index contributed by atoms with van der Waals surface area (Å²) in [5, 5.41) is 3.16. The molecule has 2 rings (SSSR count). The Morgan fingerprint density at radius 3 is 2.67 bits per heavy atom. The van der Waals surface area contributed by atoms with Crippen LogP contribution in [0.1, 0.15) is 33.1 Å². The van der Waals surface area contributed by atoms with Crippen molar-refractivity contribution in [3.8, 4) is 0 Å². The number of nitrogens with one attached hydrogen (secondary N) is 1. The zero-order valence-corrected chi connectivity index (χ0v) is 13.5. The van der Waals surface area contributed by atoms with E-state index in [1.807, 2.05) is 6.92 Å². The van der Waals surface area contributed by atoms with E-state index in [9.17, 15) is 4.79 Å². The lowest BCUT2D eigenvalue weighted by Gasteiger charge is -2.37. The summed E-state index contributed by atoms with van der Waals surface area (Å²) in [6, 6.07) is 0.383. The van der Waals surface area contributed by atoms with Crippen LogP contribution < -0.4 is 5.32 Å². The van der Waals surface area contributed by atoms with Crippen LogP contribution in [-0.4, -0.2) is 62.9 Å². The molecule has 0 saturated carbocycles. The topological polar surface area (TPSA) is 50.8 Å². The second-order valence-corrected chi connectivity index (χ2v) is 6.27. The average molecular weight is 298 g/mol. The van der Waals surface area contributed by atoms with E-state index in [1.54, 1.807) is 0 Å². The predicted octanol–water partition coefficient (Wildman–Crippen LogP) is 1.28. The van der Waals surface area contributed by atoms with Crippen molar-refractivity contribution in [2.45, 2.75) is 39.2 Å². The van der Waals surface area contributed by atoms with Gasteiger partial charge in [-0.15, -0.1) is 0 Å². The molecule has 2 aliphatic rings. The fraction of sp³-hybridized carbons (Fsp3) is 0.938. The minimum atomic E-state index is 0.111. The Labute approximate surface area is 128 Å². The number of amides is 1. The number of ether oxygens (including phenoxy) is 2. The normalized spacial score (nSPS) is 26.5. The quantitative estimate of drug-likeness (QED) is 0.769. The molecule has 122 valence electrons. The first-order valence-corrected chi connectivity index (χ1v) is 8.39. The van der Waals surface area contributed by atoms with Gasteiger partial charge in [-0.3, -0.25) is 9.69 Å². The Kier molecular flexibility index (Phi) is 6.93. The number of nitrogens with zero attached hydrogens (tertiary/aromatic N) is 1. The molecule has 3 unspecified atom stereocenters. The van der Waals surface area contributed by atoms with Crippen molar-refractivity contribution >= 4 is 5.91 Å². The van der Waals surface area contributed by atoms with E-state index in [2.05, 4.69) is 17.1 Å². The maximum Gasteiger partial charge on any atom is 0.222 e. The van der Waals surface area contributed by atoms with Crippen LogP contribution in [0, 0.1) is 11.8 Å². The molecule has 5 nitrogen and oxygen atoms in total. The molecule has 2 saturated heterocycles. The number of carbonyl (C=O) groups excluding carboxylic acids is 1. The van der Waals surface area contributed by atoms with Crippen LogP contribution in [0.5, 0.6) is 0 Å². The van der Waals surface area contributed by atoms with Gasteiger partial charge in [-0.1, -0.05) is 20.3 Å². The minimum Gasteiger partial charge on any atom is -0.381 e. The van der Waals surface area contributed by atoms with Crippen LogP contribution in [0.4, 0.5) is 0 Å². The monoisotopic (exact) mass is 298 g/mol. The van der Waals surface area contributed by atoms with Crippen LogP contribution in [0.15, 0.2) is 0 Å². The van der Waals surface area contributed by atoms with Crippen molar-refractivity contribution in [1.29, 1.82) is 0 Å². The first-order valence-electron chi connectivity index (χ1n) is 8.39.